The maximum absolute atomic E-state index is 12.5. The molecular weight excluding hydrogens is 374 g/mol. The van der Waals surface area contributed by atoms with Crippen molar-refractivity contribution in [3.63, 3.8) is 0 Å². The molecule has 4 unspecified atom stereocenters. The number of hydrogen-bond donors (Lipinski definition) is 2. The molecule has 0 spiro atoms. The number of morpholine rings is 1. The number of ether oxygens (including phenoxy) is 3. The van der Waals surface area contributed by atoms with Crippen molar-refractivity contribution in [2.45, 2.75) is 55.9 Å². The summed E-state index contributed by atoms with van der Waals surface area (Å²) in [5.74, 6) is 1.18. The summed E-state index contributed by atoms with van der Waals surface area (Å²) in [5.41, 5.74) is 1.12. The van der Waals surface area contributed by atoms with Crippen molar-refractivity contribution in [3.8, 4) is 0 Å². The van der Waals surface area contributed by atoms with Crippen LogP contribution in [-0.4, -0.2) is 84.7 Å². The lowest BCUT2D eigenvalue weighted by molar-refractivity contribution is 0.0485. The summed E-state index contributed by atoms with van der Waals surface area (Å²) in [4.78, 5) is 23.4. The van der Waals surface area contributed by atoms with Crippen LogP contribution in [0.2, 0.25) is 0 Å². The van der Waals surface area contributed by atoms with Gasteiger partial charge in [0.2, 0.25) is 5.95 Å². The number of nitrogens with one attached hydrogen (secondary N) is 2. The maximum Gasteiger partial charge on any atom is 0.317 e. The van der Waals surface area contributed by atoms with E-state index in [2.05, 4.69) is 15.6 Å². The molecule has 2 amide bonds. The fraction of sp³-hybridized carbons (Fsp3) is 0.750. The molecule has 2 N–H and O–H groups in total. The second-order valence-electron chi connectivity index (χ2n) is 8.29. The van der Waals surface area contributed by atoms with Crippen LogP contribution in [0.1, 0.15) is 37.3 Å². The van der Waals surface area contributed by atoms with E-state index in [1.54, 1.807) is 4.90 Å². The Morgan fingerprint density at radius 1 is 1.07 bits per heavy atom. The summed E-state index contributed by atoms with van der Waals surface area (Å²) in [6.07, 6.45) is 6.53. The van der Waals surface area contributed by atoms with E-state index in [0.29, 0.717) is 51.4 Å². The average Bonchev–Trinajstić information content (AvgIpc) is 3.49. The number of carbonyl (C=O) groups excluding carboxylic acids is 1. The summed E-state index contributed by atoms with van der Waals surface area (Å²) >= 11 is 0. The first kappa shape index (κ1) is 19.0. The van der Waals surface area contributed by atoms with Crippen LogP contribution >= 0.6 is 0 Å². The third-order valence-corrected chi connectivity index (χ3v) is 6.43. The molecule has 5 rings (SSSR count). The highest BCUT2D eigenvalue weighted by molar-refractivity contribution is 5.74. The first-order valence-corrected chi connectivity index (χ1v) is 10.7. The van der Waals surface area contributed by atoms with E-state index in [9.17, 15) is 4.79 Å². The minimum Gasteiger partial charge on any atom is -0.378 e. The van der Waals surface area contributed by atoms with Crippen LogP contribution in [0, 0.1) is 0 Å². The van der Waals surface area contributed by atoms with Crippen LogP contribution < -0.4 is 10.6 Å². The van der Waals surface area contributed by atoms with Gasteiger partial charge in [0.05, 0.1) is 38.5 Å². The van der Waals surface area contributed by atoms with Crippen LogP contribution in [-0.2, 0) is 14.2 Å². The van der Waals surface area contributed by atoms with E-state index in [-0.39, 0.29) is 30.3 Å². The van der Waals surface area contributed by atoms with E-state index in [1.807, 2.05) is 12.3 Å². The second-order valence-corrected chi connectivity index (χ2v) is 8.29. The Labute approximate surface area is 170 Å². The first-order chi connectivity index (χ1) is 14.3. The van der Waals surface area contributed by atoms with E-state index >= 15 is 0 Å². The molecule has 4 heterocycles. The third kappa shape index (κ3) is 4.04. The molecule has 3 saturated heterocycles. The summed E-state index contributed by atoms with van der Waals surface area (Å²) < 4.78 is 17.3. The molecule has 1 aromatic heterocycles. The highest BCUT2D eigenvalue weighted by atomic mass is 16.6. The first-order valence-electron chi connectivity index (χ1n) is 10.7. The van der Waals surface area contributed by atoms with Gasteiger partial charge in [-0.25, -0.2) is 14.8 Å². The van der Waals surface area contributed by atoms with Gasteiger partial charge >= 0.3 is 6.03 Å². The second kappa shape index (κ2) is 8.41. The van der Waals surface area contributed by atoms with Crippen LogP contribution in [0.5, 0.6) is 0 Å². The van der Waals surface area contributed by atoms with Gasteiger partial charge in [-0.2, -0.15) is 0 Å². The van der Waals surface area contributed by atoms with Gasteiger partial charge in [-0.05, 0) is 18.9 Å². The van der Waals surface area contributed by atoms with E-state index in [1.165, 1.54) is 25.7 Å². The maximum atomic E-state index is 12.5. The number of aromatic nitrogens is 2. The summed E-state index contributed by atoms with van der Waals surface area (Å²) in [7, 11) is 0. The minimum absolute atomic E-state index is 0.0240. The van der Waals surface area contributed by atoms with Gasteiger partial charge in [-0.1, -0.05) is 12.8 Å². The van der Waals surface area contributed by atoms with Crippen LogP contribution in [0.15, 0.2) is 12.3 Å². The summed E-state index contributed by atoms with van der Waals surface area (Å²) in [6, 6.07) is 1.78. The van der Waals surface area contributed by atoms with Gasteiger partial charge in [0.15, 0.2) is 0 Å². The average molecular weight is 403 g/mol. The number of nitrogens with zero attached hydrogens (tertiary/aromatic N) is 3. The van der Waals surface area contributed by atoms with Crippen LogP contribution in [0.3, 0.4) is 0 Å². The Balaban J connectivity index is 1.18. The van der Waals surface area contributed by atoms with Crippen LogP contribution in [0.25, 0.3) is 0 Å². The number of amides is 2. The standard InChI is InChI=1S/C20H29N5O4/c26-20(25-7-9-27-10-8-25)24-16-12-29-17-15(11-28-18(16)17)23-19-21-6-5-14(22-19)13-3-1-2-4-13/h5-6,13,15-18H,1-4,7-12H2,(H,24,26)(H,21,22,23). The van der Waals surface area contributed by atoms with Crippen molar-refractivity contribution in [3.05, 3.63) is 18.0 Å². The van der Waals surface area contributed by atoms with Crippen molar-refractivity contribution in [2.75, 3.05) is 44.8 Å². The molecule has 0 bridgehead atoms. The molecule has 3 aliphatic heterocycles. The number of urea groups is 1. The molecule has 4 aliphatic rings. The summed E-state index contributed by atoms with van der Waals surface area (Å²) in [5, 5.41) is 6.47. The van der Waals surface area contributed by atoms with Crippen molar-refractivity contribution in [1.82, 2.24) is 20.2 Å². The Hall–Kier alpha value is -1.97. The number of rotatable bonds is 4. The molecule has 29 heavy (non-hydrogen) atoms. The zero-order valence-electron chi connectivity index (χ0n) is 16.6. The lowest BCUT2D eigenvalue weighted by atomic mass is 10.0. The normalized spacial score (nSPS) is 32.3. The van der Waals surface area contributed by atoms with Gasteiger partial charge in [0, 0.05) is 30.9 Å². The largest absolute Gasteiger partial charge is 0.378 e. The molecule has 9 nitrogen and oxygen atoms in total. The fourth-order valence-corrected chi connectivity index (χ4v) is 4.82. The molecule has 158 valence electrons. The molecule has 4 fully saturated rings. The molecule has 9 heteroatoms. The molecular formula is C20H29N5O4. The van der Waals surface area contributed by atoms with Crippen LogP contribution in [0.4, 0.5) is 10.7 Å². The zero-order valence-corrected chi connectivity index (χ0v) is 16.6. The molecule has 4 atom stereocenters. The van der Waals surface area contributed by atoms with Gasteiger partial charge < -0.3 is 29.7 Å². The number of anilines is 1. The predicted octanol–water partition coefficient (Wildman–Crippen LogP) is 1.12. The Morgan fingerprint density at radius 3 is 2.59 bits per heavy atom. The molecule has 1 aliphatic carbocycles. The smallest absolute Gasteiger partial charge is 0.317 e. The molecule has 0 radical (unpaired) electrons. The molecule has 1 saturated carbocycles. The number of fused-ring (bicyclic) bond motifs is 1. The molecule has 1 aromatic rings. The Bertz CT molecular complexity index is 723. The topological polar surface area (TPSA) is 97.8 Å². The fourth-order valence-electron chi connectivity index (χ4n) is 4.82. The van der Waals surface area contributed by atoms with Gasteiger partial charge in [-0.15, -0.1) is 0 Å². The van der Waals surface area contributed by atoms with Crippen molar-refractivity contribution in [1.29, 1.82) is 0 Å². The highest BCUT2D eigenvalue weighted by Crippen LogP contribution is 2.33. The zero-order chi connectivity index (χ0) is 19.6. The number of hydrogen-bond acceptors (Lipinski definition) is 7. The SMILES string of the molecule is O=C(NC1COC2C(Nc3nccc(C4CCCC4)n3)COC12)N1CCOCC1. The quantitative estimate of drug-likeness (QED) is 0.777. The third-order valence-electron chi connectivity index (χ3n) is 6.43. The van der Waals surface area contributed by atoms with Crippen molar-refractivity contribution in [2.24, 2.45) is 0 Å². The van der Waals surface area contributed by atoms with E-state index in [4.69, 9.17) is 19.2 Å². The van der Waals surface area contributed by atoms with E-state index < -0.39 is 0 Å². The monoisotopic (exact) mass is 403 g/mol. The van der Waals surface area contributed by atoms with Gasteiger partial charge in [0.25, 0.3) is 0 Å². The highest BCUT2D eigenvalue weighted by Gasteiger charge is 2.48. The number of carbonyl (C=O) groups is 1. The Kier molecular flexibility index (Phi) is 5.52. The lowest BCUT2D eigenvalue weighted by Crippen LogP contribution is -2.52. The van der Waals surface area contributed by atoms with Crippen molar-refractivity contribution < 1.29 is 19.0 Å². The van der Waals surface area contributed by atoms with Crippen molar-refractivity contribution >= 4 is 12.0 Å². The van der Waals surface area contributed by atoms with E-state index in [0.717, 1.165) is 5.69 Å². The summed E-state index contributed by atoms with van der Waals surface area (Å²) in [6.45, 7) is 3.37. The molecule has 0 aromatic carbocycles. The lowest BCUT2D eigenvalue weighted by Gasteiger charge is -2.29. The predicted molar refractivity (Wildman–Crippen MR) is 105 cm³/mol. The minimum atomic E-state index is -0.157. The van der Waals surface area contributed by atoms with Gasteiger partial charge in [-0.3, -0.25) is 0 Å². The van der Waals surface area contributed by atoms with Gasteiger partial charge in [0.1, 0.15) is 12.2 Å². The Morgan fingerprint density at radius 2 is 1.79 bits per heavy atom.